The predicted molar refractivity (Wildman–Crippen MR) is 60.6 cm³/mol. The summed E-state index contributed by atoms with van der Waals surface area (Å²) >= 11 is 0. The van der Waals surface area contributed by atoms with E-state index in [4.69, 9.17) is 5.11 Å². The van der Waals surface area contributed by atoms with Crippen molar-refractivity contribution in [2.75, 3.05) is 13.1 Å². The van der Waals surface area contributed by atoms with Crippen LogP contribution in [0.5, 0.6) is 0 Å². The van der Waals surface area contributed by atoms with Crippen molar-refractivity contribution in [1.82, 2.24) is 10.6 Å². The van der Waals surface area contributed by atoms with Gasteiger partial charge in [-0.05, 0) is 6.42 Å². The van der Waals surface area contributed by atoms with Crippen LogP contribution in [0.2, 0.25) is 0 Å². The molecule has 0 spiro atoms. The molecule has 1 atom stereocenters. The lowest BCUT2D eigenvalue weighted by atomic mass is 10.2. The minimum Gasteiger partial charge on any atom is -0.480 e. The lowest BCUT2D eigenvalue weighted by Gasteiger charge is -2.13. The van der Waals surface area contributed by atoms with Crippen LogP contribution in [0.3, 0.4) is 0 Å². The Kier molecular flexibility index (Phi) is 9.28. The van der Waals surface area contributed by atoms with E-state index in [2.05, 4.69) is 11.9 Å². The molecule has 0 aliphatic heterocycles. The molecule has 0 aliphatic rings. The zero-order valence-corrected chi connectivity index (χ0v) is 10.1. The molecule has 0 aliphatic carbocycles. The third-order valence-corrected chi connectivity index (χ3v) is 1.65. The molecular weight excluding hydrogens is 277 g/mol. The molecular formula is C9H14ClF3N2O3. The van der Waals surface area contributed by atoms with E-state index in [-0.39, 0.29) is 18.8 Å². The van der Waals surface area contributed by atoms with Crippen molar-refractivity contribution in [3.8, 4) is 0 Å². The fourth-order valence-corrected chi connectivity index (χ4v) is 0.951. The number of rotatable bonds is 7. The van der Waals surface area contributed by atoms with Crippen molar-refractivity contribution >= 4 is 24.3 Å². The van der Waals surface area contributed by atoms with Crippen LogP contribution < -0.4 is 10.6 Å². The van der Waals surface area contributed by atoms with Crippen LogP contribution in [-0.2, 0) is 9.59 Å². The summed E-state index contributed by atoms with van der Waals surface area (Å²) in [5.41, 5.74) is 0. The number of carboxylic acid groups (broad SMARTS) is 1. The van der Waals surface area contributed by atoms with Gasteiger partial charge in [0.15, 0.2) is 0 Å². The monoisotopic (exact) mass is 290 g/mol. The Hall–Kier alpha value is -1.28. The molecule has 106 valence electrons. The SMILES string of the molecule is C=CCC(NC(=O)CNCC(F)(F)F)C(=O)O.Cl. The van der Waals surface area contributed by atoms with Crippen molar-refractivity contribution in [3.63, 3.8) is 0 Å². The number of nitrogens with one attached hydrogen (secondary N) is 2. The van der Waals surface area contributed by atoms with Crippen LogP contribution in [0, 0.1) is 0 Å². The molecule has 0 saturated carbocycles. The highest BCUT2D eigenvalue weighted by Gasteiger charge is 2.27. The average Bonchev–Trinajstić information content (AvgIpc) is 2.14. The molecule has 0 bridgehead atoms. The van der Waals surface area contributed by atoms with E-state index < -0.39 is 37.2 Å². The van der Waals surface area contributed by atoms with Gasteiger partial charge in [-0.2, -0.15) is 13.2 Å². The number of amides is 1. The second kappa shape index (κ2) is 8.76. The summed E-state index contributed by atoms with van der Waals surface area (Å²) in [4.78, 5) is 21.7. The van der Waals surface area contributed by atoms with Gasteiger partial charge in [-0.25, -0.2) is 4.79 Å². The summed E-state index contributed by atoms with van der Waals surface area (Å²) in [5.74, 6) is -2.09. The Balaban J connectivity index is 0. The van der Waals surface area contributed by atoms with Gasteiger partial charge in [0.05, 0.1) is 13.1 Å². The summed E-state index contributed by atoms with van der Waals surface area (Å²) in [6.07, 6.45) is -3.11. The van der Waals surface area contributed by atoms with Gasteiger partial charge in [-0.3, -0.25) is 4.79 Å². The number of alkyl halides is 3. The second-order valence-corrected chi connectivity index (χ2v) is 3.20. The Labute approximate surface area is 108 Å². The van der Waals surface area contributed by atoms with E-state index in [1.54, 1.807) is 0 Å². The normalized spacial score (nSPS) is 12.2. The lowest BCUT2D eigenvalue weighted by Crippen LogP contribution is -2.45. The molecule has 1 unspecified atom stereocenters. The van der Waals surface area contributed by atoms with E-state index in [1.165, 1.54) is 6.08 Å². The molecule has 0 rings (SSSR count). The first kappa shape index (κ1) is 19.1. The summed E-state index contributed by atoms with van der Waals surface area (Å²) in [7, 11) is 0. The number of hydrogen-bond donors (Lipinski definition) is 3. The molecule has 0 fully saturated rings. The van der Waals surface area contributed by atoms with Crippen molar-refractivity contribution < 1.29 is 27.9 Å². The molecule has 18 heavy (non-hydrogen) atoms. The smallest absolute Gasteiger partial charge is 0.401 e. The van der Waals surface area contributed by atoms with Crippen LogP contribution >= 0.6 is 12.4 Å². The maximum atomic E-state index is 11.7. The Morgan fingerprint density at radius 2 is 1.94 bits per heavy atom. The minimum atomic E-state index is -4.41. The molecule has 0 aromatic heterocycles. The number of hydrogen-bond acceptors (Lipinski definition) is 3. The molecule has 0 aromatic rings. The van der Waals surface area contributed by atoms with Gasteiger partial charge in [0, 0.05) is 0 Å². The first-order valence-electron chi connectivity index (χ1n) is 4.67. The number of carbonyl (C=O) groups excluding carboxylic acids is 1. The predicted octanol–water partition coefficient (Wildman–Crippen LogP) is 0.706. The van der Waals surface area contributed by atoms with E-state index in [9.17, 15) is 22.8 Å². The summed E-state index contributed by atoms with van der Waals surface area (Å²) < 4.78 is 35.1. The topological polar surface area (TPSA) is 78.4 Å². The van der Waals surface area contributed by atoms with Crippen molar-refractivity contribution in [2.24, 2.45) is 0 Å². The minimum absolute atomic E-state index is 0. The highest BCUT2D eigenvalue weighted by molar-refractivity contribution is 5.85. The zero-order valence-electron chi connectivity index (χ0n) is 9.29. The van der Waals surface area contributed by atoms with Crippen molar-refractivity contribution in [3.05, 3.63) is 12.7 Å². The standard InChI is InChI=1S/C9H13F3N2O3.ClH/c1-2-3-6(8(16)17)14-7(15)4-13-5-9(10,11)12;/h2,6,13H,1,3-5H2,(H,14,15)(H,16,17);1H. The summed E-state index contributed by atoms with van der Waals surface area (Å²) in [6.45, 7) is 1.40. The van der Waals surface area contributed by atoms with Gasteiger partial charge in [0.1, 0.15) is 6.04 Å². The number of aliphatic carboxylic acids is 1. The van der Waals surface area contributed by atoms with Crippen LogP contribution in [0.4, 0.5) is 13.2 Å². The highest BCUT2D eigenvalue weighted by Crippen LogP contribution is 2.11. The maximum absolute atomic E-state index is 11.7. The van der Waals surface area contributed by atoms with Gasteiger partial charge in [-0.1, -0.05) is 6.08 Å². The van der Waals surface area contributed by atoms with Crippen molar-refractivity contribution in [1.29, 1.82) is 0 Å². The van der Waals surface area contributed by atoms with E-state index in [1.807, 2.05) is 5.32 Å². The van der Waals surface area contributed by atoms with Gasteiger partial charge >= 0.3 is 12.1 Å². The Morgan fingerprint density at radius 3 is 2.33 bits per heavy atom. The summed E-state index contributed by atoms with van der Waals surface area (Å²) in [5, 5.41) is 12.6. The Bertz CT molecular complexity index is 297. The molecule has 9 heteroatoms. The molecule has 3 N–H and O–H groups in total. The van der Waals surface area contributed by atoms with E-state index >= 15 is 0 Å². The molecule has 1 amide bonds. The van der Waals surface area contributed by atoms with E-state index in [0.29, 0.717) is 0 Å². The molecule has 0 aromatic carbocycles. The third-order valence-electron chi connectivity index (χ3n) is 1.65. The van der Waals surface area contributed by atoms with Gasteiger partial charge in [0.2, 0.25) is 5.91 Å². The summed E-state index contributed by atoms with van der Waals surface area (Å²) in [6, 6.07) is -1.17. The molecule has 0 saturated heterocycles. The fourth-order valence-electron chi connectivity index (χ4n) is 0.951. The zero-order chi connectivity index (χ0) is 13.5. The Morgan fingerprint density at radius 1 is 1.39 bits per heavy atom. The largest absolute Gasteiger partial charge is 0.480 e. The first-order chi connectivity index (χ1) is 7.76. The number of carboxylic acids is 1. The van der Waals surface area contributed by atoms with Crippen LogP contribution in [-0.4, -0.2) is 42.3 Å². The average molecular weight is 291 g/mol. The van der Waals surface area contributed by atoms with Gasteiger partial charge < -0.3 is 15.7 Å². The highest BCUT2D eigenvalue weighted by atomic mass is 35.5. The quantitative estimate of drug-likeness (QED) is 0.603. The molecule has 0 radical (unpaired) electrons. The van der Waals surface area contributed by atoms with E-state index in [0.717, 1.165) is 0 Å². The number of halogens is 4. The first-order valence-corrected chi connectivity index (χ1v) is 4.67. The van der Waals surface area contributed by atoms with Gasteiger partial charge in [0.25, 0.3) is 0 Å². The van der Waals surface area contributed by atoms with Crippen molar-refractivity contribution in [2.45, 2.75) is 18.6 Å². The van der Waals surface area contributed by atoms with Crippen LogP contribution in [0.1, 0.15) is 6.42 Å². The third kappa shape index (κ3) is 9.91. The molecule has 5 nitrogen and oxygen atoms in total. The number of carbonyl (C=O) groups is 2. The maximum Gasteiger partial charge on any atom is 0.401 e. The second-order valence-electron chi connectivity index (χ2n) is 3.20. The van der Waals surface area contributed by atoms with Crippen LogP contribution in [0.25, 0.3) is 0 Å². The van der Waals surface area contributed by atoms with Crippen LogP contribution in [0.15, 0.2) is 12.7 Å². The fraction of sp³-hybridized carbons (Fsp3) is 0.556. The lowest BCUT2D eigenvalue weighted by molar-refractivity contribution is -0.142. The van der Waals surface area contributed by atoms with Gasteiger partial charge in [-0.15, -0.1) is 19.0 Å². The molecule has 0 heterocycles.